The minimum Gasteiger partial charge on any atom is -0.497 e. The summed E-state index contributed by atoms with van der Waals surface area (Å²) < 4.78 is 24.2. The molecule has 0 aliphatic heterocycles. The van der Waals surface area contributed by atoms with Crippen LogP contribution >= 0.6 is 0 Å². The lowest BCUT2D eigenvalue weighted by atomic mass is 10.1. The number of anilines is 1. The number of nitrogens with one attached hydrogen (secondary N) is 1. The molecule has 0 aliphatic rings. The molecular formula is C18H16FNO3. The van der Waals surface area contributed by atoms with Crippen LogP contribution in [0.2, 0.25) is 0 Å². The summed E-state index contributed by atoms with van der Waals surface area (Å²) in [6.45, 7) is 2.14. The van der Waals surface area contributed by atoms with Crippen LogP contribution in [0.15, 0.2) is 51.7 Å². The van der Waals surface area contributed by atoms with Crippen molar-refractivity contribution < 1.29 is 13.5 Å². The highest BCUT2D eigenvalue weighted by molar-refractivity contribution is 5.81. The molecule has 0 radical (unpaired) electrons. The van der Waals surface area contributed by atoms with Gasteiger partial charge in [0.05, 0.1) is 12.8 Å². The molecule has 0 unspecified atom stereocenters. The molecule has 0 amide bonds. The summed E-state index contributed by atoms with van der Waals surface area (Å²) in [5.74, 6) is 0.286. The molecule has 2 aromatic carbocycles. The van der Waals surface area contributed by atoms with E-state index < -0.39 is 5.63 Å². The van der Waals surface area contributed by atoms with Gasteiger partial charge in [0, 0.05) is 24.1 Å². The number of ether oxygens (including phenoxy) is 1. The molecule has 5 heteroatoms. The Kier molecular flexibility index (Phi) is 4.02. The molecule has 4 nitrogen and oxygen atoms in total. The molecule has 3 rings (SSSR count). The molecule has 1 heterocycles. The van der Waals surface area contributed by atoms with Gasteiger partial charge in [-0.15, -0.1) is 0 Å². The van der Waals surface area contributed by atoms with Crippen molar-refractivity contribution in [1.82, 2.24) is 0 Å². The largest absolute Gasteiger partial charge is 0.497 e. The zero-order valence-corrected chi connectivity index (χ0v) is 12.9. The van der Waals surface area contributed by atoms with Crippen molar-refractivity contribution in [2.45, 2.75) is 13.5 Å². The first kappa shape index (κ1) is 15.1. The first-order chi connectivity index (χ1) is 11.1. The molecule has 1 aromatic heterocycles. The average Bonchev–Trinajstić information content (AvgIpc) is 2.53. The number of hydrogen-bond acceptors (Lipinski definition) is 4. The second kappa shape index (κ2) is 6.12. The van der Waals surface area contributed by atoms with E-state index in [-0.39, 0.29) is 5.82 Å². The van der Waals surface area contributed by atoms with E-state index in [0.717, 1.165) is 16.5 Å². The summed E-state index contributed by atoms with van der Waals surface area (Å²) in [6, 6.07) is 11.7. The van der Waals surface area contributed by atoms with Gasteiger partial charge in [0.15, 0.2) is 0 Å². The zero-order valence-electron chi connectivity index (χ0n) is 12.9. The Balaban J connectivity index is 1.94. The smallest absolute Gasteiger partial charge is 0.336 e. The van der Waals surface area contributed by atoms with Gasteiger partial charge in [-0.3, -0.25) is 0 Å². The van der Waals surface area contributed by atoms with E-state index in [1.807, 2.05) is 19.1 Å². The van der Waals surface area contributed by atoms with Crippen molar-refractivity contribution in [2.24, 2.45) is 0 Å². The van der Waals surface area contributed by atoms with Gasteiger partial charge in [-0.05, 0) is 42.3 Å². The Labute approximate surface area is 132 Å². The number of hydrogen-bond donors (Lipinski definition) is 1. The molecule has 0 saturated heterocycles. The molecular weight excluding hydrogens is 297 g/mol. The fraction of sp³-hybridized carbons (Fsp3) is 0.167. The summed E-state index contributed by atoms with van der Waals surface area (Å²) in [6.07, 6.45) is 0. The lowest BCUT2D eigenvalue weighted by Crippen LogP contribution is -2.07. The molecule has 1 N–H and O–H groups in total. The number of rotatable bonds is 4. The minimum absolute atomic E-state index is 0.314. The summed E-state index contributed by atoms with van der Waals surface area (Å²) in [5, 5.41) is 3.80. The van der Waals surface area contributed by atoms with Crippen molar-refractivity contribution in [2.75, 3.05) is 12.4 Å². The van der Waals surface area contributed by atoms with E-state index in [2.05, 4.69) is 5.32 Å². The first-order valence-corrected chi connectivity index (χ1v) is 7.17. The van der Waals surface area contributed by atoms with Crippen molar-refractivity contribution >= 4 is 16.7 Å². The highest BCUT2D eigenvalue weighted by Crippen LogP contribution is 2.24. The fourth-order valence-corrected chi connectivity index (χ4v) is 2.44. The van der Waals surface area contributed by atoms with Crippen LogP contribution in [0.3, 0.4) is 0 Å². The van der Waals surface area contributed by atoms with Crippen LogP contribution < -0.4 is 15.7 Å². The topological polar surface area (TPSA) is 51.5 Å². The summed E-state index contributed by atoms with van der Waals surface area (Å²) in [5.41, 5.74) is 1.97. The Bertz CT molecular complexity index is 918. The van der Waals surface area contributed by atoms with Crippen molar-refractivity contribution in [3.05, 3.63) is 69.8 Å². The quantitative estimate of drug-likeness (QED) is 0.743. The molecule has 23 heavy (non-hydrogen) atoms. The van der Waals surface area contributed by atoms with E-state index in [9.17, 15) is 9.18 Å². The van der Waals surface area contributed by atoms with Crippen molar-refractivity contribution in [1.29, 1.82) is 0 Å². The molecule has 0 spiro atoms. The average molecular weight is 313 g/mol. The second-order valence-corrected chi connectivity index (χ2v) is 5.29. The number of halogens is 1. The lowest BCUT2D eigenvalue weighted by molar-refractivity contribution is 0.414. The minimum atomic E-state index is -0.452. The molecule has 0 aliphatic carbocycles. The summed E-state index contributed by atoms with van der Waals surface area (Å²) in [4.78, 5) is 11.7. The van der Waals surface area contributed by atoms with Crippen molar-refractivity contribution in [3.8, 4) is 5.75 Å². The summed E-state index contributed by atoms with van der Waals surface area (Å²) >= 11 is 0. The Hall–Kier alpha value is -2.82. The van der Waals surface area contributed by atoms with Gasteiger partial charge in [0.25, 0.3) is 0 Å². The Morgan fingerprint density at radius 1 is 1.17 bits per heavy atom. The fourth-order valence-electron chi connectivity index (χ4n) is 2.44. The third-order valence-electron chi connectivity index (χ3n) is 3.63. The third kappa shape index (κ3) is 3.18. The van der Waals surface area contributed by atoms with Crippen LogP contribution in [0.25, 0.3) is 11.0 Å². The van der Waals surface area contributed by atoms with Gasteiger partial charge in [-0.25, -0.2) is 9.18 Å². The monoisotopic (exact) mass is 313 g/mol. The number of methoxy groups -OCH3 is 1. The molecule has 0 saturated carbocycles. The normalized spacial score (nSPS) is 10.7. The van der Waals surface area contributed by atoms with Crippen LogP contribution in [-0.2, 0) is 6.54 Å². The van der Waals surface area contributed by atoms with Crippen molar-refractivity contribution in [3.63, 3.8) is 0 Å². The maximum Gasteiger partial charge on any atom is 0.336 e. The van der Waals surface area contributed by atoms with E-state index in [4.69, 9.17) is 9.15 Å². The van der Waals surface area contributed by atoms with Crippen LogP contribution in [0.1, 0.15) is 11.1 Å². The predicted octanol–water partition coefficient (Wildman–Crippen LogP) is 3.86. The molecule has 0 atom stereocenters. The van der Waals surface area contributed by atoms with Crippen LogP contribution in [0.5, 0.6) is 5.75 Å². The molecule has 0 bridgehead atoms. The highest BCUT2D eigenvalue weighted by Gasteiger charge is 2.08. The highest BCUT2D eigenvalue weighted by atomic mass is 19.1. The maximum atomic E-state index is 13.9. The van der Waals surface area contributed by atoms with E-state index in [1.165, 1.54) is 12.1 Å². The number of fused-ring (bicyclic) bond motifs is 1. The first-order valence-electron chi connectivity index (χ1n) is 7.17. The number of aryl methyl sites for hydroxylation is 1. The SMILES string of the molecule is COc1ccc2c(CNc3ccc(C)cc3F)cc(=O)oc2c1. The molecule has 3 aromatic rings. The number of benzene rings is 2. The van der Waals surface area contributed by atoms with Gasteiger partial charge in [0.2, 0.25) is 0 Å². The van der Waals surface area contributed by atoms with E-state index in [1.54, 1.807) is 25.3 Å². The van der Waals surface area contributed by atoms with E-state index >= 15 is 0 Å². The zero-order chi connectivity index (χ0) is 16.4. The van der Waals surface area contributed by atoms with Gasteiger partial charge < -0.3 is 14.5 Å². The lowest BCUT2D eigenvalue weighted by Gasteiger charge is -2.10. The van der Waals surface area contributed by atoms with Crippen LogP contribution in [-0.4, -0.2) is 7.11 Å². The second-order valence-electron chi connectivity index (χ2n) is 5.29. The van der Waals surface area contributed by atoms with Gasteiger partial charge >= 0.3 is 5.63 Å². The van der Waals surface area contributed by atoms with E-state index in [0.29, 0.717) is 23.6 Å². The maximum absolute atomic E-state index is 13.9. The summed E-state index contributed by atoms with van der Waals surface area (Å²) in [7, 11) is 1.55. The third-order valence-corrected chi connectivity index (χ3v) is 3.63. The predicted molar refractivity (Wildman–Crippen MR) is 87.5 cm³/mol. The molecule has 118 valence electrons. The Morgan fingerprint density at radius 3 is 2.74 bits per heavy atom. The van der Waals surface area contributed by atoms with Gasteiger partial charge in [-0.2, -0.15) is 0 Å². The standard InChI is InChI=1S/C18H16FNO3/c1-11-3-6-16(15(19)7-11)20-10-12-8-18(21)23-17-9-13(22-2)4-5-14(12)17/h3-9,20H,10H2,1-2H3. The Morgan fingerprint density at radius 2 is 2.00 bits per heavy atom. The van der Waals surface area contributed by atoms with Gasteiger partial charge in [0.1, 0.15) is 17.1 Å². The van der Waals surface area contributed by atoms with Crippen LogP contribution in [0, 0.1) is 12.7 Å². The van der Waals surface area contributed by atoms with Gasteiger partial charge in [-0.1, -0.05) is 6.07 Å². The molecule has 0 fully saturated rings. The van der Waals surface area contributed by atoms with Crippen LogP contribution in [0.4, 0.5) is 10.1 Å².